The fourth-order valence-electron chi connectivity index (χ4n) is 2.86. The molecule has 1 atom stereocenters. The Balaban J connectivity index is 1.90. The summed E-state index contributed by atoms with van der Waals surface area (Å²) in [6.45, 7) is 3.97. The minimum atomic E-state index is -0.116. The lowest BCUT2D eigenvalue weighted by atomic mass is 9.99. The van der Waals surface area contributed by atoms with Crippen LogP contribution in [-0.4, -0.2) is 31.1 Å². The van der Waals surface area contributed by atoms with Crippen LogP contribution < -0.4 is 5.32 Å². The summed E-state index contributed by atoms with van der Waals surface area (Å²) in [5.74, 6) is 0.492. The van der Waals surface area contributed by atoms with Crippen molar-refractivity contribution in [2.24, 2.45) is 5.92 Å². The fraction of sp³-hybridized carbons (Fsp3) is 0.571. The van der Waals surface area contributed by atoms with Crippen LogP contribution in [0.3, 0.4) is 0 Å². The standard InChI is InChI=1S/C14H18ClFN2/c15-11-3-4-13(16)12(9-11)14(10-1-2-10)18-7-5-17-6-8-18/h3-4,9-10,14,17H,1-2,5-8H2/t14-/m1/s1. The van der Waals surface area contributed by atoms with Gasteiger partial charge in [0.2, 0.25) is 0 Å². The van der Waals surface area contributed by atoms with E-state index in [1.807, 2.05) is 6.07 Å². The molecular formula is C14H18ClFN2. The summed E-state index contributed by atoms with van der Waals surface area (Å²) in [4.78, 5) is 2.41. The molecule has 1 saturated carbocycles. The van der Waals surface area contributed by atoms with Crippen LogP contribution in [0, 0.1) is 11.7 Å². The van der Waals surface area contributed by atoms with Gasteiger partial charge >= 0.3 is 0 Å². The Morgan fingerprint density at radius 1 is 1.28 bits per heavy atom. The average molecular weight is 269 g/mol. The molecule has 3 rings (SSSR count). The van der Waals surface area contributed by atoms with Crippen molar-refractivity contribution in [3.05, 3.63) is 34.6 Å². The van der Waals surface area contributed by atoms with Crippen LogP contribution >= 0.6 is 11.6 Å². The lowest BCUT2D eigenvalue weighted by molar-refractivity contribution is 0.153. The first-order chi connectivity index (χ1) is 8.75. The van der Waals surface area contributed by atoms with Gasteiger partial charge in [-0.2, -0.15) is 0 Å². The lowest BCUT2D eigenvalue weighted by Gasteiger charge is -2.35. The number of nitrogens with zero attached hydrogens (tertiary/aromatic N) is 1. The maximum Gasteiger partial charge on any atom is 0.128 e. The zero-order chi connectivity index (χ0) is 12.5. The number of hydrogen-bond acceptors (Lipinski definition) is 2. The quantitative estimate of drug-likeness (QED) is 0.907. The van der Waals surface area contributed by atoms with E-state index in [4.69, 9.17) is 11.6 Å². The molecule has 2 nitrogen and oxygen atoms in total. The van der Waals surface area contributed by atoms with Crippen LogP contribution in [0.2, 0.25) is 5.02 Å². The number of benzene rings is 1. The van der Waals surface area contributed by atoms with Crippen molar-refractivity contribution in [3.63, 3.8) is 0 Å². The molecule has 4 heteroatoms. The van der Waals surface area contributed by atoms with Crippen molar-refractivity contribution in [1.29, 1.82) is 0 Å². The molecule has 0 bridgehead atoms. The highest BCUT2D eigenvalue weighted by Crippen LogP contribution is 2.45. The molecule has 1 heterocycles. The topological polar surface area (TPSA) is 15.3 Å². The molecule has 1 aromatic rings. The highest BCUT2D eigenvalue weighted by atomic mass is 35.5. The predicted molar refractivity (Wildman–Crippen MR) is 71.3 cm³/mol. The Morgan fingerprint density at radius 3 is 2.67 bits per heavy atom. The number of nitrogens with one attached hydrogen (secondary N) is 1. The second-order valence-electron chi connectivity index (χ2n) is 5.23. The summed E-state index contributed by atoms with van der Waals surface area (Å²) >= 11 is 6.03. The first-order valence-corrected chi connectivity index (χ1v) is 7.03. The molecular weight excluding hydrogens is 251 g/mol. The van der Waals surface area contributed by atoms with Gasteiger partial charge in [0.05, 0.1) is 0 Å². The molecule has 2 fully saturated rings. The van der Waals surface area contributed by atoms with Crippen molar-refractivity contribution >= 4 is 11.6 Å². The van der Waals surface area contributed by atoms with Gasteiger partial charge in [-0.1, -0.05) is 11.6 Å². The van der Waals surface area contributed by atoms with E-state index in [1.54, 1.807) is 6.07 Å². The van der Waals surface area contributed by atoms with Crippen LogP contribution in [0.15, 0.2) is 18.2 Å². The Bertz CT molecular complexity index is 428. The third-order valence-corrected chi connectivity index (χ3v) is 4.13. The molecule has 2 aliphatic rings. The molecule has 0 radical (unpaired) electrons. The fourth-order valence-corrected chi connectivity index (χ4v) is 3.04. The summed E-state index contributed by atoms with van der Waals surface area (Å²) in [5.41, 5.74) is 0.784. The third-order valence-electron chi connectivity index (χ3n) is 3.89. The zero-order valence-electron chi connectivity index (χ0n) is 10.3. The highest BCUT2D eigenvalue weighted by Gasteiger charge is 2.38. The van der Waals surface area contributed by atoms with Gasteiger partial charge in [0.15, 0.2) is 0 Å². The van der Waals surface area contributed by atoms with E-state index in [9.17, 15) is 4.39 Å². The smallest absolute Gasteiger partial charge is 0.128 e. The molecule has 1 aromatic carbocycles. The van der Waals surface area contributed by atoms with Crippen LogP contribution in [0.25, 0.3) is 0 Å². The highest BCUT2D eigenvalue weighted by molar-refractivity contribution is 6.30. The number of piperazine rings is 1. The van der Waals surface area contributed by atoms with Gasteiger partial charge in [-0.3, -0.25) is 4.90 Å². The SMILES string of the molecule is Fc1ccc(Cl)cc1[C@@H](C1CC1)N1CCNCC1. The van der Waals surface area contributed by atoms with E-state index < -0.39 is 0 Å². The molecule has 0 aromatic heterocycles. The summed E-state index contributed by atoms with van der Waals surface area (Å²) in [6.07, 6.45) is 2.42. The molecule has 1 saturated heterocycles. The Labute approximate surface area is 112 Å². The summed E-state index contributed by atoms with van der Waals surface area (Å²) < 4.78 is 14.1. The Kier molecular flexibility index (Phi) is 3.55. The summed E-state index contributed by atoms with van der Waals surface area (Å²) in [6, 6.07) is 5.14. The van der Waals surface area contributed by atoms with E-state index in [2.05, 4.69) is 10.2 Å². The van der Waals surface area contributed by atoms with Crippen LogP contribution in [0.4, 0.5) is 4.39 Å². The molecule has 0 amide bonds. The number of hydrogen-bond donors (Lipinski definition) is 1. The van der Waals surface area contributed by atoms with Gasteiger partial charge in [0, 0.05) is 42.8 Å². The van der Waals surface area contributed by atoms with Gasteiger partial charge in [-0.05, 0) is 37.0 Å². The maximum absolute atomic E-state index is 14.1. The van der Waals surface area contributed by atoms with E-state index in [-0.39, 0.29) is 11.9 Å². The van der Waals surface area contributed by atoms with Crippen LogP contribution in [-0.2, 0) is 0 Å². The van der Waals surface area contributed by atoms with Crippen molar-refractivity contribution in [3.8, 4) is 0 Å². The van der Waals surface area contributed by atoms with Gasteiger partial charge in [0.25, 0.3) is 0 Å². The second-order valence-corrected chi connectivity index (χ2v) is 5.67. The molecule has 0 spiro atoms. The Morgan fingerprint density at radius 2 is 2.00 bits per heavy atom. The molecule has 0 unspecified atom stereocenters. The summed E-state index contributed by atoms with van der Waals surface area (Å²) in [7, 11) is 0. The van der Waals surface area contributed by atoms with Gasteiger partial charge in [-0.25, -0.2) is 4.39 Å². The van der Waals surface area contributed by atoms with E-state index in [1.165, 1.54) is 18.9 Å². The first-order valence-electron chi connectivity index (χ1n) is 6.65. The minimum absolute atomic E-state index is 0.116. The molecule has 1 aliphatic heterocycles. The van der Waals surface area contributed by atoms with E-state index >= 15 is 0 Å². The van der Waals surface area contributed by atoms with E-state index in [0.717, 1.165) is 31.7 Å². The van der Waals surface area contributed by atoms with Crippen molar-refractivity contribution in [2.45, 2.75) is 18.9 Å². The number of rotatable bonds is 3. The van der Waals surface area contributed by atoms with Crippen molar-refractivity contribution in [2.75, 3.05) is 26.2 Å². The molecule has 18 heavy (non-hydrogen) atoms. The summed E-state index contributed by atoms with van der Waals surface area (Å²) in [5, 5.41) is 3.98. The van der Waals surface area contributed by atoms with Gasteiger partial charge in [-0.15, -0.1) is 0 Å². The Hall–Kier alpha value is -0.640. The largest absolute Gasteiger partial charge is 0.314 e. The zero-order valence-corrected chi connectivity index (χ0v) is 11.1. The van der Waals surface area contributed by atoms with Crippen molar-refractivity contribution < 1.29 is 4.39 Å². The predicted octanol–water partition coefficient (Wildman–Crippen LogP) is 2.84. The first kappa shape index (κ1) is 12.4. The maximum atomic E-state index is 14.1. The molecule has 1 N–H and O–H groups in total. The van der Waals surface area contributed by atoms with Crippen LogP contribution in [0.1, 0.15) is 24.4 Å². The van der Waals surface area contributed by atoms with Gasteiger partial charge < -0.3 is 5.32 Å². The monoisotopic (exact) mass is 268 g/mol. The lowest BCUT2D eigenvalue weighted by Crippen LogP contribution is -2.45. The molecule has 1 aliphatic carbocycles. The van der Waals surface area contributed by atoms with Crippen molar-refractivity contribution in [1.82, 2.24) is 10.2 Å². The molecule has 98 valence electrons. The number of halogens is 2. The van der Waals surface area contributed by atoms with Gasteiger partial charge in [0.1, 0.15) is 5.82 Å². The minimum Gasteiger partial charge on any atom is -0.314 e. The average Bonchev–Trinajstić information content (AvgIpc) is 3.20. The second kappa shape index (κ2) is 5.16. The third kappa shape index (κ3) is 2.53. The van der Waals surface area contributed by atoms with E-state index in [0.29, 0.717) is 10.9 Å². The van der Waals surface area contributed by atoms with Crippen LogP contribution in [0.5, 0.6) is 0 Å². The normalized spacial score (nSPS) is 23.0.